The Morgan fingerprint density at radius 1 is 1.09 bits per heavy atom. The van der Waals surface area contributed by atoms with Crippen LogP contribution >= 0.6 is 0 Å². The van der Waals surface area contributed by atoms with Crippen molar-refractivity contribution in [2.24, 2.45) is 0 Å². The maximum atomic E-state index is 13.5. The third kappa shape index (κ3) is 5.52. The molecule has 0 saturated heterocycles. The lowest BCUT2D eigenvalue weighted by Gasteiger charge is -2.29. The van der Waals surface area contributed by atoms with Crippen LogP contribution in [0.15, 0.2) is 83.4 Å². The fourth-order valence-electron chi connectivity index (χ4n) is 3.73. The number of nitrogens with zero attached hydrogens (tertiary/aromatic N) is 4. The van der Waals surface area contributed by atoms with Crippen LogP contribution in [0.1, 0.15) is 34.8 Å². The highest BCUT2D eigenvalue weighted by Gasteiger charge is 2.24. The van der Waals surface area contributed by atoms with E-state index in [9.17, 15) is 14.9 Å². The van der Waals surface area contributed by atoms with E-state index >= 15 is 0 Å². The van der Waals surface area contributed by atoms with Gasteiger partial charge in [0.2, 0.25) is 11.7 Å². The molecule has 0 fully saturated rings. The molecule has 0 aliphatic rings. The molecule has 0 radical (unpaired) electrons. The standard InChI is InChI=1S/C26H24N4O5/c1-18(19-7-4-3-5-8-19)29(26(31)20-11-13-23(34-2)14-12-20)16-15-24-27-25(28-35-24)21-9-6-10-22(17-21)30(32)33/h3-14,17-18H,15-16H2,1-2H3. The molecule has 0 aliphatic heterocycles. The lowest BCUT2D eigenvalue weighted by molar-refractivity contribution is -0.384. The first-order valence-electron chi connectivity index (χ1n) is 11.0. The molecule has 4 rings (SSSR count). The topological polar surface area (TPSA) is 112 Å². The number of nitro groups is 1. The minimum Gasteiger partial charge on any atom is -0.497 e. The summed E-state index contributed by atoms with van der Waals surface area (Å²) >= 11 is 0. The first-order chi connectivity index (χ1) is 17.0. The van der Waals surface area contributed by atoms with Gasteiger partial charge in [-0.05, 0) is 36.8 Å². The molecule has 0 aliphatic carbocycles. The SMILES string of the molecule is COc1ccc(C(=O)N(CCc2nc(-c3cccc([N+](=O)[O-])c3)no2)C(C)c2ccccc2)cc1. The zero-order valence-electron chi connectivity index (χ0n) is 19.3. The molecule has 0 spiro atoms. The molecule has 3 aromatic carbocycles. The van der Waals surface area contributed by atoms with E-state index in [1.807, 2.05) is 37.3 Å². The molecule has 9 nitrogen and oxygen atoms in total. The van der Waals surface area contributed by atoms with Crippen molar-refractivity contribution in [3.63, 3.8) is 0 Å². The molecule has 4 aromatic rings. The summed E-state index contributed by atoms with van der Waals surface area (Å²) in [5, 5.41) is 15.0. The van der Waals surface area contributed by atoms with Crippen LogP contribution in [0.4, 0.5) is 5.69 Å². The number of nitro benzene ring substituents is 1. The summed E-state index contributed by atoms with van der Waals surface area (Å²) in [6.07, 6.45) is 0.320. The zero-order valence-corrected chi connectivity index (χ0v) is 19.3. The number of amides is 1. The van der Waals surface area contributed by atoms with Crippen molar-refractivity contribution in [1.29, 1.82) is 0 Å². The normalized spacial score (nSPS) is 11.6. The third-order valence-corrected chi connectivity index (χ3v) is 5.70. The second kappa shape index (κ2) is 10.6. The van der Waals surface area contributed by atoms with E-state index in [-0.39, 0.29) is 23.5 Å². The maximum absolute atomic E-state index is 13.5. The fraction of sp³-hybridized carbons (Fsp3) is 0.192. The van der Waals surface area contributed by atoms with Gasteiger partial charge >= 0.3 is 0 Å². The Morgan fingerprint density at radius 3 is 2.51 bits per heavy atom. The van der Waals surface area contributed by atoms with E-state index in [1.54, 1.807) is 48.4 Å². The molecule has 1 atom stereocenters. The van der Waals surface area contributed by atoms with Gasteiger partial charge in [-0.1, -0.05) is 47.6 Å². The highest BCUT2D eigenvalue weighted by molar-refractivity contribution is 5.94. The molecular formula is C26H24N4O5. The summed E-state index contributed by atoms with van der Waals surface area (Å²) in [6.45, 7) is 2.30. The fourth-order valence-corrected chi connectivity index (χ4v) is 3.73. The maximum Gasteiger partial charge on any atom is 0.270 e. The molecule has 1 aromatic heterocycles. The van der Waals surface area contributed by atoms with Gasteiger partial charge in [0.05, 0.1) is 18.1 Å². The molecule has 1 unspecified atom stereocenters. The number of aromatic nitrogens is 2. The summed E-state index contributed by atoms with van der Waals surface area (Å²) < 4.78 is 10.6. The van der Waals surface area contributed by atoms with E-state index in [0.29, 0.717) is 35.7 Å². The Kier molecular flexibility index (Phi) is 7.15. The van der Waals surface area contributed by atoms with Crippen LogP contribution in [0.3, 0.4) is 0 Å². The quantitative estimate of drug-likeness (QED) is 0.246. The number of non-ortho nitro benzene ring substituents is 1. The second-order valence-corrected chi connectivity index (χ2v) is 7.88. The summed E-state index contributed by atoms with van der Waals surface area (Å²) in [7, 11) is 1.58. The van der Waals surface area contributed by atoms with E-state index in [4.69, 9.17) is 9.26 Å². The smallest absolute Gasteiger partial charge is 0.270 e. The molecule has 0 saturated carbocycles. The third-order valence-electron chi connectivity index (χ3n) is 5.70. The van der Waals surface area contributed by atoms with Gasteiger partial charge in [-0.15, -0.1) is 0 Å². The number of hydrogen-bond donors (Lipinski definition) is 0. The Bertz CT molecular complexity index is 1300. The summed E-state index contributed by atoms with van der Waals surface area (Å²) in [5.41, 5.74) is 1.97. The highest BCUT2D eigenvalue weighted by Crippen LogP contribution is 2.25. The first-order valence-corrected chi connectivity index (χ1v) is 11.0. The summed E-state index contributed by atoms with van der Waals surface area (Å²) in [6, 6.07) is 22.6. The van der Waals surface area contributed by atoms with Crippen molar-refractivity contribution in [2.75, 3.05) is 13.7 Å². The van der Waals surface area contributed by atoms with Crippen molar-refractivity contribution in [3.8, 4) is 17.1 Å². The second-order valence-electron chi connectivity index (χ2n) is 7.88. The number of methoxy groups -OCH3 is 1. The average Bonchev–Trinajstić information content (AvgIpc) is 3.38. The predicted molar refractivity (Wildman–Crippen MR) is 129 cm³/mol. The van der Waals surface area contributed by atoms with Crippen LogP contribution in [0, 0.1) is 10.1 Å². The number of carbonyl (C=O) groups is 1. The average molecular weight is 473 g/mol. The van der Waals surface area contributed by atoms with E-state index < -0.39 is 4.92 Å². The molecule has 0 N–H and O–H groups in total. The van der Waals surface area contributed by atoms with Gasteiger partial charge in [0.1, 0.15) is 5.75 Å². The first kappa shape index (κ1) is 23.6. The monoisotopic (exact) mass is 472 g/mol. The van der Waals surface area contributed by atoms with Crippen LogP contribution in [0.2, 0.25) is 0 Å². The van der Waals surface area contributed by atoms with Gasteiger partial charge in [0, 0.05) is 36.2 Å². The Morgan fingerprint density at radius 2 is 1.83 bits per heavy atom. The van der Waals surface area contributed by atoms with Crippen LogP contribution in [-0.2, 0) is 6.42 Å². The number of ether oxygens (including phenoxy) is 1. The van der Waals surface area contributed by atoms with Crippen LogP contribution in [-0.4, -0.2) is 39.5 Å². The number of hydrogen-bond acceptors (Lipinski definition) is 7. The Hall–Kier alpha value is -4.53. The lowest BCUT2D eigenvalue weighted by atomic mass is 10.0. The Labute approximate surface area is 202 Å². The van der Waals surface area contributed by atoms with Crippen molar-refractivity contribution in [3.05, 3.63) is 106 Å². The van der Waals surface area contributed by atoms with Gasteiger partial charge in [0.25, 0.3) is 11.6 Å². The number of rotatable bonds is 9. The van der Waals surface area contributed by atoms with Crippen molar-refractivity contribution >= 4 is 11.6 Å². The zero-order chi connectivity index (χ0) is 24.8. The number of benzene rings is 3. The van der Waals surface area contributed by atoms with E-state index in [0.717, 1.165) is 5.56 Å². The molecule has 9 heteroatoms. The van der Waals surface area contributed by atoms with Crippen molar-refractivity contribution in [2.45, 2.75) is 19.4 Å². The van der Waals surface area contributed by atoms with Gasteiger partial charge in [-0.3, -0.25) is 14.9 Å². The minimum absolute atomic E-state index is 0.0539. The molecule has 1 heterocycles. The van der Waals surface area contributed by atoms with E-state index in [2.05, 4.69) is 10.1 Å². The summed E-state index contributed by atoms with van der Waals surface area (Å²) in [4.78, 5) is 30.2. The lowest BCUT2D eigenvalue weighted by Crippen LogP contribution is -2.35. The molecule has 1 amide bonds. The number of carbonyl (C=O) groups excluding carboxylic acids is 1. The summed E-state index contributed by atoms with van der Waals surface area (Å²) in [5.74, 6) is 1.12. The van der Waals surface area contributed by atoms with Crippen LogP contribution in [0.5, 0.6) is 5.75 Å². The van der Waals surface area contributed by atoms with E-state index in [1.165, 1.54) is 12.1 Å². The molecule has 35 heavy (non-hydrogen) atoms. The molecule has 178 valence electrons. The van der Waals surface area contributed by atoms with Crippen LogP contribution < -0.4 is 4.74 Å². The van der Waals surface area contributed by atoms with Gasteiger partial charge in [0.15, 0.2) is 0 Å². The minimum atomic E-state index is -0.474. The largest absolute Gasteiger partial charge is 0.497 e. The van der Waals surface area contributed by atoms with Gasteiger partial charge < -0.3 is 14.2 Å². The van der Waals surface area contributed by atoms with Crippen molar-refractivity contribution in [1.82, 2.24) is 15.0 Å². The molecule has 0 bridgehead atoms. The molecular weight excluding hydrogens is 448 g/mol. The van der Waals surface area contributed by atoms with Gasteiger partial charge in [-0.25, -0.2) is 0 Å². The predicted octanol–water partition coefficient (Wildman–Crippen LogP) is 5.10. The highest BCUT2D eigenvalue weighted by atomic mass is 16.6. The van der Waals surface area contributed by atoms with Crippen LogP contribution in [0.25, 0.3) is 11.4 Å². The van der Waals surface area contributed by atoms with Gasteiger partial charge in [-0.2, -0.15) is 4.98 Å². The van der Waals surface area contributed by atoms with Crippen molar-refractivity contribution < 1.29 is 19.0 Å². The Balaban J connectivity index is 1.55.